The Morgan fingerprint density at radius 2 is 1.68 bits per heavy atom. The molecule has 0 radical (unpaired) electrons. The van der Waals surface area contributed by atoms with Gasteiger partial charge in [0.2, 0.25) is 0 Å². The largest absolute Gasteiger partial charge is 0.507 e. The third-order valence-electron chi connectivity index (χ3n) is 5.08. The van der Waals surface area contributed by atoms with Crippen molar-refractivity contribution in [1.29, 1.82) is 0 Å². The quantitative estimate of drug-likeness (QED) is 0.650. The molecule has 1 atom stereocenters. The number of phenols is 1. The molecule has 25 heavy (non-hydrogen) atoms. The van der Waals surface area contributed by atoms with Gasteiger partial charge in [0.05, 0.1) is 0 Å². The summed E-state index contributed by atoms with van der Waals surface area (Å²) < 4.78 is 0. The van der Waals surface area contributed by atoms with Crippen LogP contribution in [0.1, 0.15) is 73.0 Å². The van der Waals surface area contributed by atoms with E-state index < -0.39 is 5.97 Å². The molecule has 0 heterocycles. The van der Waals surface area contributed by atoms with Crippen molar-refractivity contribution < 1.29 is 15.0 Å². The zero-order valence-corrected chi connectivity index (χ0v) is 15.4. The summed E-state index contributed by atoms with van der Waals surface area (Å²) in [6.07, 6.45) is 4.78. The lowest BCUT2D eigenvalue weighted by atomic mass is 9.67. The van der Waals surface area contributed by atoms with Crippen molar-refractivity contribution >= 4 is 5.97 Å². The van der Waals surface area contributed by atoms with E-state index in [1.165, 1.54) is 0 Å². The monoisotopic (exact) mass is 340 g/mol. The zero-order valence-electron chi connectivity index (χ0n) is 15.4. The van der Waals surface area contributed by atoms with Crippen LogP contribution in [0.4, 0.5) is 0 Å². The Balaban J connectivity index is 2.75. The molecule has 0 aliphatic heterocycles. The van der Waals surface area contributed by atoms with Gasteiger partial charge in [-0.2, -0.15) is 0 Å². The Hall–Kier alpha value is -2.29. The van der Waals surface area contributed by atoms with Crippen LogP contribution in [0, 0.1) is 6.92 Å². The third-order valence-corrected chi connectivity index (χ3v) is 5.08. The van der Waals surface area contributed by atoms with Crippen LogP contribution in [0.2, 0.25) is 0 Å². The van der Waals surface area contributed by atoms with Gasteiger partial charge in [-0.15, -0.1) is 0 Å². The Kier molecular flexibility index (Phi) is 6.24. The number of carbonyl (C=O) groups is 1. The first-order chi connectivity index (χ1) is 12.0. The highest BCUT2D eigenvalue weighted by Crippen LogP contribution is 2.46. The smallest absolute Gasteiger partial charge is 0.339 e. The Morgan fingerprint density at radius 1 is 1.00 bits per heavy atom. The number of carboxylic acid groups (broad SMARTS) is 1. The van der Waals surface area contributed by atoms with Crippen LogP contribution in [-0.2, 0) is 5.41 Å². The number of aromatic carboxylic acids is 1. The molecule has 0 fully saturated rings. The average molecular weight is 340 g/mol. The molecule has 1 unspecified atom stereocenters. The molecule has 2 aromatic carbocycles. The maximum Gasteiger partial charge on any atom is 0.339 e. The summed E-state index contributed by atoms with van der Waals surface area (Å²) in [7, 11) is 0. The third kappa shape index (κ3) is 3.71. The first-order valence-electron chi connectivity index (χ1n) is 9.09. The number of aryl methyl sites for hydroxylation is 1. The minimum atomic E-state index is -1.08. The van der Waals surface area contributed by atoms with E-state index in [2.05, 4.69) is 26.0 Å². The van der Waals surface area contributed by atoms with E-state index in [4.69, 9.17) is 0 Å². The van der Waals surface area contributed by atoms with Crippen LogP contribution in [-0.4, -0.2) is 16.2 Å². The molecule has 0 aliphatic carbocycles. The average Bonchev–Trinajstić information content (AvgIpc) is 2.59. The van der Waals surface area contributed by atoms with Crippen molar-refractivity contribution in [2.75, 3.05) is 0 Å². The van der Waals surface area contributed by atoms with Crippen molar-refractivity contribution in [3.8, 4) is 5.75 Å². The molecule has 0 aromatic heterocycles. The second-order valence-electron chi connectivity index (χ2n) is 6.76. The van der Waals surface area contributed by atoms with Gasteiger partial charge in [0.15, 0.2) is 0 Å². The Labute approximate surface area is 150 Å². The zero-order chi connectivity index (χ0) is 18.4. The second kappa shape index (κ2) is 8.19. The van der Waals surface area contributed by atoms with Crippen molar-refractivity contribution in [2.24, 2.45) is 0 Å². The van der Waals surface area contributed by atoms with Crippen molar-refractivity contribution in [3.05, 3.63) is 64.7 Å². The lowest BCUT2D eigenvalue weighted by Crippen LogP contribution is -2.28. The second-order valence-corrected chi connectivity index (χ2v) is 6.76. The predicted molar refractivity (Wildman–Crippen MR) is 101 cm³/mol. The summed E-state index contributed by atoms with van der Waals surface area (Å²) in [4.78, 5) is 11.7. The highest BCUT2D eigenvalue weighted by molar-refractivity contribution is 5.93. The first kappa shape index (κ1) is 19.0. The van der Waals surface area contributed by atoms with E-state index in [0.29, 0.717) is 5.56 Å². The fourth-order valence-electron chi connectivity index (χ4n) is 3.85. The number of hydrogen-bond acceptors (Lipinski definition) is 2. The normalized spacial score (nSPS) is 13.4. The summed E-state index contributed by atoms with van der Waals surface area (Å²) in [5.74, 6) is -1.16. The number of rotatable bonds is 8. The summed E-state index contributed by atoms with van der Waals surface area (Å²) in [5.41, 5.74) is 2.11. The fourth-order valence-corrected chi connectivity index (χ4v) is 3.85. The van der Waals surface area contributed by atoms with Crippen LogP contribution in [0.5, 0.6) is 5.75 Å². The van der Waals surface area contributed by atoms with Crippen molar-refractivity contribution in [1.82, 2.24) is 0 Å². The molecule has 0 bridgehead atoms. The highest BCUT2D eigenvalue weighted by Gasteiger charge is 2.36. The molecule has 3 nitrogen and oxygen atoms in total. The van der Waals surface area contributed by atoms with Gasteiger partial charge in [-0.05, 0) is 30.9 Å². The minimum Gasteiger partial charge on any atom is -0.507 e. The molecule has 134 valence electrons. The van der Waals surface area contributed by atoms with Crippen LogP contribution in [0.3, 0.4) is 0 Å². The maximum absolute atomic E-state index is 11.7. The number of benzene rings is 2. The van der Waals surface area contributed by atoms with E-state index in [1.54, 1.807) is 6.92 Å². The molecule has 2 rings (SSSR count). The predicted octanol–water partition coefficient (Wildman–Crippen LogP) is 5.68. The van der Waals surface area contributed by atoms with Crippen LogP contribution in [0.15, 0.2) is 42.5 Å². The number of carboxylic acids is 1. The molecule has 0 spiro atoms. The summed E-state index contributed by atoms with van der Waals surface area (Å²) in [6, 6.07) is 13.9. The summed E-state index contributed by atoms with van der Waals surface area (Å²) in [5, 5.41) is 20.4. The van der Waals surface area contributed by atoms with Gasteiger partial charge in [0.1, 0.15) is 11.3 Å². The van der Waals surface area contributed by atoms with Gasteiger partial charge < -0.3 is 10.2 Å². The van der Waals surface area contributed by atoms with Crippen molar-refractivity contribution in [2.45, 2.75) is 58.3 Å². The topological polar surface area (TPSA) is 57.5 Å². The molecular weight excluding hydrogens is 312 g/mol. The Morgan fingerprint density at radius 3 is 2.24 bits per heavy atom. The van der Waals surface area contributed by atoms with Crippen LogP contribution < -0.4 is 0 Å². The van der Waals surface area contributed by atoms with Crippen LogP contribution in [0.25, 0.3) is 0 Å². The van der Waals surface area contributed by atoms with E-state index >= 15 is 0 Å². The summed E-state index contributed by atoms with van der Waals surface area (Å²) in [6.45, 7) is 6.01. The highest BCUT2D eigenvalue weighted by atomic mass is 16.4. The molecule has 0 saturated carbocycles. The molecule has 0 saturated heterocycles. The van der Waals surface area contributed by atoms with E-state index in [9.17, 15) is 15.0 Å². The van der Waals surface area contributed by atoms with Gasteiger partial charge in [-0.25, -0.2) is 4.79 Å². The maximum atomic E-state index is 11.7. The molecule has 3 heteroatoms. The lowest BCUT2D eigenvalue weighted by Gasteiger charge is -2.36. The van der Waals surface area contributed by atoms with Gasteiger partial charge in [-0.3, -0.25) is 0 Å². The summed E-state index contributed by atoms with van der Waals surface area (Å²) >= 11 is 0. The lowest BCUT2D eigenvalue weighted by molar-refractivity contribution is 0.0692. The van der Waals surface area contributed by atoms with Crippen molar-refractivity contribution in [3.63, 3.8) is 0 Å². The van der Waals surface area contributed by atoms with E-state index in [0.717, 1.165) is 43.2 Å². The molecule has 2 N–H and O–H groups in total. The Bertz CT molecular complexity index is 722. The molecule has 2 aromatic rings. The van der Waals surface area contributed by atoms with Gasteiger partial charge >= 0.3 is 5.97 Å². The standard InChI is InChI=1S/C22H28O3/c1-4-6-15-22(14-5-2,17-10-8-7-9-11-17)18-13-12-16(3)19(20(18)23)21(24)25/h7-13,23H,4-6,14-15H2,1-3H3,(H,24,25). The van der Waals surface area contributed by atoms with Crippen LogP contribution >= 0.6 is 0 Å². The number of hydrogen-bond donors (Lipinski definition) is 2. The van der Waals surface area contributed by atoms with Gasteiger partial charge in [0.25, 0.3) is 0 Å². The van der Waals surface area contributed by atoms with Gasteiger partial charge in [0, 0.05) is 11.0 Å². The number of aromatic hydroxyl groups is 1. The fraction of sp³-hybridized carbons (Fsp3) is 0.409. The molecular formula is C22H28O3. The minimum absolute atomic E-state index is 0.0189. The molecule has 0 amide bonds. The van der Waals surface area contributed by atoms with E-state index in [1.807, 2.05) is 30.3 Å². The SMILES string of the molecule is CCCCC(CCC)(c1ccccc1)c1ccc(C)c(C(=O)O)c1O. The molecule has 0 aliphatic rings. The van der Waals surface area contributed by atoms with E-state index in [-0.39, 0.29) is 16.7 Å². The van der Waals surface area contributed by atoms with Gasteiger partial charge in [-0.1, -0.05) is 75.6 Å². The first-order valence-corrected chi connectivity index (χ1v) is 9.09. The number of unbranched alkanes of at least 4 members (excludes halogenated alkanes) is 1.